The van der Waals surface area contributed by atoms with Crippen molar-refractivity contribution >= 4 is 5.82 Å². The zero-order valence-electron chi connectivity index (χ0n) is 15.3. The topological polar surface area (TPSA) is 69.2 Å². The van der Waals surface area contributed by atoms with E-state index in [1.54, 1.807) is 0 Å². The molecule has 0 amide bonds. The molecule has 1 saturated heterocycles. The molecule has 1 aliphatic heterocycles. The minimum absolute atomic E-state index is 0.205. The molecule has 26 heavy (non-hydrogen) atoms. The van der Waals surface area contributed by atoms with E-state index in [4.69, 9.17) is 9.47 Å². The van der Waals surface area contributed by atoms with Crippen molar-refractivity contribution in [3.05, 3.63) is 41.0 Å². The van der Waals surface area contributed by atoms with Gasteiger partial charge in [-0.1, -0.05) is 0 Å². The van der Waals surface area contributed by atoms with Crippen LogP contribution in [-0.2, 0) is 24.1 Å². The van der Waals surface area contributed by atoms with Gasteiger partial charge in [-0.2, -0.15) is 0 Å². The predicted molar refractivity (Wildman–Crippen MR) is 99.4 cm³/mol. The van der Waals surface area contributed by atoms with Gasteiger partial charge in [0.1, 0.15) is 17.7 Å². The lowest BCUT2D eigenvalue weighted by Gasteiger charge is -2.23. The van der Waals surface area contributed by atoms with Crippen molar-refractivity contribution in [2.24, 2.45) is 0 Å². The molecule has 0 spiro atoms. The number of hydrogen-bond donors (Lipinski definition) is 1. The average Bonchev–Trinajstić information content (AvgIpc) is 2.67. The highest BCUT2D eigenvalue weighted by Gasteiger charge is 2.18. The highest BCUT2D eigenvalue weighted by atomic mass is 16.5. The van der Waals surface area contributed by atoms with Crippen molar-refractivity contribution in [3.8, 4) is 5.88 Å². The van der Waals surface area contributed by atoms with Crippen LogP contribution in [0, 0.1) is 6.92 Å². The Morgan fingerprint density at radius 1 is 1.19 bits per heavy atom. The van der Waals surface area contributed by atoms with Gasteiger partial charge >= 0.3 is 0 Å². The Labute approximate surface area is 154 Å². The van der Waals surface area contributed by atoms with Gasteiger partial charge in [-0.05, 0) is 44.2 Å². The van der Waals surface area contributed by atoms with Gasteiger partial charge in [0.2, 0.25) is 5.88 Å². The second-order valence-corrected chi connectivity index (χ2v) is 7.04. The number of aromatic nitrogens is 3. The lowest BCUT2D eigenvalue weighted by molar-refractivity contribution is 0.0237. The smallest absolute Gasteiger partial charge is 0.213 e. The summed E-state index contributed by atoms with van der Waals surface area (Å²) in [6.07, 6.45) is 8.43. The summed E-state index contributed by atoms with van der Waals surface area (Å²) in [6.45, 7) is 4.20. The zero-order valence-corrected chi connectivity index (χ0v) is 15.3. The van der Waals surface area contributed by atoms with E-state index in [9.17, 15) is 0 Å². The van der Waals surface area contributed by atoms with E-state index < -0.39 is 0 Å². The molecule has 0 radical (unpaired) electrons. The number of anilines is 1. The summed E-state index contributed by atoms with van der Waals surface area (Å²) in [5.74, 6) is 2.51. The van der Waals surface area contributed by atoms with Gasteiger partial charge in [0, 0.05) is 42.9 Å². The lowest BCUT2D eigenvalue weighted by Crippen LogP contribution is -2.26. The summed E-state index contributed by atoms with van der Waals surface area (Å²) in [5, 5.41) is 3.51. The molecular weight excluding hydrogens is 328 g/mol. The number of nitrogens with zero attached hydrogens (tertiary/aromatic N) is 3. The number of fused-ring (bicyclic) bond motifs is 1. The minimum atomic E-state index is 0.205. The normalized spacial score (nSPS) is 17.6. The summed E-state index contributed by atoms with van der Waals surface area (Å²) < 4.78 is 11.4. The minimum Gasteiger partial charge on any atom is -0.474 e. The Bertz CT molecular complexity index is 759. The van der Waals surface area contributed by atoms with Crippen LogP contribution in [0.4, 0.5) is 5.82 Å². The van der Waals surface area contributed by atoms with Crippen LogP contribution < -0.4 is 10.1 Å². The van der Waals surface area contributed by atoms with Crippen molar-refractivity contribution in [2.75, 3.05) is 18.5 Å². The van der Waals surface area contributed by atoms with E-state index in [1.807, 2.05) is 25.3 Å². The van der Waals surface area contributed by atoms with Gasteiger partial charge in [0.25, 0.3) is 0 Å². The number of nitrogens with one attached hydrogen (secondary N) is 1. The molecular formula is C20H26N4O2. The third-order valence-corrected chi connectivity index (χ3v) is 5.01. The fraction of sp³-hybridized carbons (Fsp3) is 0.550. The Balaban J connectivity index is 1.43. The Morgan fingerprint density at radius 3 is 2.92 bits per heavy atom. The molecule has 138 valence electrons. The van der Waals surface area contributed by atoms with Crippen molar-refractivity contribution < 1.29 is 9.47 Å². The molecule has 4 rings (SSSR count). The monoisotopic (exact) mass is 354 g/mol. The third kappa shape index (κ3) is 4.12. The fourth-order valence-corrected chi connectivity index (χ4v) is 3.64. The number of ether oxygens (including phenoxy) is 2. The molecule has 6 nitrogen and oxygen atoms in total. The highest BCUT2D eigenvalue weighted by Crippen LogP contribution is 2.26. The average molecular weight is 354 g/mol. The molecule has 2 aromatic rings. The van der Waals surface area contributed by atoms with Gasteiger partial charge in [-0.3, -0.25) is 0 Å². The Hall–Kier alpha value is -2.21. The molecule has 6 heteroatoms. The van der Waals surface area contributed by atoms with Crippen LogP contribution in [0.3, 0.4) is 0 Å². The van der Waals surface area contributed by atoms with E-state index in [0.29, 0.717) is 12.4 Å². The van der Waals surface area contributed by atoms with Gasteiger partial charge in [0.15, 0.2) is 0 Å². The largest absolute Gasteiger partial charge is 0.474 e. The zero-order chi connectivity index (χ0) is 17.8. The van der Waals surface area contributed by atoms with E-state index >= 15 is 0 Å². The third-order valence-electron chi connectivity index (χ3n) is 5.01. The summed E-state index contributed by atoms with van der Waals surface area (Å²) in [4.78, 5) is 13.6. The predicted octanol–water partition coefficient (Wildman–Crippen LogP) is 3.23. The van der Waals surface area contributed by atoms with E-state index in [-0.39, 0.29) is 6.10 Å². The Morgan fingerprint density at radius 2 is 2.04 bits per heavy atom. The molecule has 3 heterocycles. The van der Waals surface area contributed by atoms with Gasteiger partial charge in [-0.25, -0.2) is 15.0 Å². The standard InChI is InChI=1S/C20H26N4O2/c1-14-23-18-5-3-2-4-17(18)20(24-14)22-13-15-6-9-21-19(12-15)26-16-7-10-25-11-8-16/h6,9,12,16H,2-5,7-8,10-11,13H2,1H3,(H,22,23,24). The van der Waals surface area contributed by atoms with Crippen molar-refractivity contribution in [1.82, 2.24) is 15.0 Å². The van der Waals surface area contributed by atoms with Gasteiger partial charge < -0.3 is 14.8 Å². The molecule has 0 atom stereocenters. The Kier molecular flexibility index (Phi) is 5.29. The number of hydrogen-bond acceptors (Lipinski definition) is 6. The molecule has 0 saturated carbocycles. The lowest BCUT2D eigenvalue weighted by atomic mass is 9.96. The van der Waals surface area contributed by atoms with Crippen molar-refractivity contribution in [2.45, 2.75) is 58.1 Å². The molecule has 1 N–H and O–H groups in total. The highest BCUT2D eigenvalue weighted by molar-refractivity contribution is 5.48. The van der Waals surface area contributed by atoms with Crippen LogP contribution in [0.2, 0.25) is 0 Å². The first-order valence-corrected chi connectivity index (χ1v) is 9.57. The van der Waals surface area contributed by atoms with Crippen molar-refractivity contribution in [3.63, 3.8) is 0 Å². The van der Waals surface area contributed by atoms with Crippen LogP contribution in [0.1, 0.15) is 48.3 Å². The maximum absolute atomic E-state index is 6.01. The molecule has 0 bridgehead atoms. The first-order chi connectivity index (χ1) is 12.8. The molecule has 2 aliphatic rings. The first-order valence-electron chi connectivity index (χ1n) is 9.57. The van der Waals surface area contributed by atoms with Gasteiger partial charge in [0.05, 0.1) is 13.2 Å². The van der Waals surface area contributed by atoms with E-state index in [2.05, 4.69) is 20.3 Å². The van der Waals surface area contributed by atoms with Crippen LogP contribution >= 0.6 is 0 Å². The maximum atomic E-state index is 6.01. The number of pyridine rings is 1. The number of aryl methyl sites for hydroxylation is 2. The molecule has 2 aromatic heterocycles. The second kappa shape index (κ2) is 7.99. The van der Waals surface area contributed by atoms with Crippen LogP contribution in [0.5, 0.6) is 5.88 Å². The summed E-state index contributed by atoms with van der Waals surface area (Å²) in [7, 11) is 0. The van der Waals surface area contributed by atoms with Crippen LogP contribution in [-0.4, -0.2) is 34.3 Å². The van der Waals surface area contributed by atoms with Crippen LogP contribution in [0.25, 0.3) is 0 Å². The van der Waals surface area contributed by atoms with E-state index in [0.717, 1.165) is 56.1 Å². The van der Waals surface area contributed by atoms with Gasteiger partial charge in [-0.15, -0.1) is 0 Å². The quantitative estimate of drug-likeness (QED) is 0.889. The SMILES string of the molecule is Cc1nc2c(c(NCc3ccnc(OC4CCOCC4)c3)n1)CCCC2. The first kappa shape index (κ1) is 17.2. The molecule has 1 aliphatic carbocycles. The number of rotatable bonds is 5. The summed E-state index contributed by atoms with van der Waals surface area (Å²) in [6, 6.07) is 4.04. The summed E-state index contributed by atoms with van der Waals surface area (Å²) in [5.41, 5.74) is 3.64. The maximum Gasteiger partial charge on any atom is 0.213 e. The summed E-state index contributed by atoms with van der Waals surface area (Å²) >= 11 is 0. The molecule has 0 aromatic carbocycles. The molecule has 0 unspecified atom stereocenters. The second-order valence-electron chi connectivity index (χ2n) is 7.04. The van der Waals surface area contributed by atoms with Crippen LogP contribution in [0.15, 0.2) is 18.3 Å². The van der Waals surface area contributed by atoms with E-state index in [1.165, 1.54) is 24.1 Å². The fourth-order valence-electron chi connectivity index (χ4n) is 3.64. The van der Waals surface area contributed by atoms with Crippen molar-refractivity contribution in [1.29, 1.82) is 0 Å². The molecule has 1 fully saturated rings.